The maximum Gasteiger partial charge on any atom is 0.258 e. The minimum absolute atomic E-state index is 0.0251. The van der Waals surface area contributed by atoms with Crippen LogP contribution < -0.4 is 9.64 Å². The summed E-state index contributed by atoms with van der Waals surface area (Å²) >= 11 is 0. The maximum absolute atomic E-state index is 12.4. The van der Waals surface area contributed by atoms with Crippen molar-refractivity contribution in [1.82, 2.24) is 5.06 Å². The molecule has 112 valence electrons. The quantitative estimate of drug-likeness (QED) is 0.749. The molecule has 0 spiro atoms. The fraction of sp³-hybridized carbons (Fsp3) is 0.533. The van der Waals surface area contributed by atoms with E-state index in [1.807, 2.05) is 41.3 Å². The first-order valence-corrected chi connectivity index (χ1v) is 7.15. The van der Waals surface area contributed by atoms with Gasteiger partial charge in [-0.1, -0.05) is 0 Å². The van der Waals surface area contributed by atoms with E-state index < -0.39 is 0 Å². The number of hydrogen-bond donors (Lipinski definition) is 0. The van der Waals surface area contributed by atoms with E-state index in [9.17, 15) is 4.79 Å². The number of fused-ring (bicyclic) bond motifs is 3. The maximum atomic E-state index is 12.4. The molecule has 0 radical (unpaired) electrons. The summed E-state index contributed by atoms with van der Waals surface area (Å²) in [7, 11) is 3.56. The van der Waals surface area contributed by atoms with Crippen LogP contribution in [0.15, 0.2) is 24.3 Å². The van der Waals surface area contributed by atoms with Gasteiger partial charge in [-0.3, -0.25) is 9.63 Å². The van der Waals surface area contributed by atoms with Crippen LogP contribution in [0.25, 0.3) is 0 Å². The number of amides is 1. The second kappa shape index (κ2) is 4.69. The third-order valence-corrected chi connectivity index (χ3v) is 4.67. The molecule has 3 aliphatic rings. The predicted octanol–water partition coefficient (Wildman–Crippen LogP) is 0.671. The van der Waals surface area contributed by atoms with Gasteiger partial charge in [-0.2, -0.15) is 5.06 Å². The molecule has 1 aromatic carbocycles. The SMILES string of the molecule is COc1ccc(N2C(=O)[C@@H]3OC[C@H]4CON(C)[C@H]4[C@@H]32)cc1. The molecule has 3 fully saturated rings. The Kier molecular flexibility index (Phi) is 2.92. The van der Waals surface area contributed by atoms with Crippen molar-refractivity contribution in [2.75, 3.05) is 32.3 Å². The molecule has 1 amide bonds. The molecule has 0 aromatic heterocycles. The summed E-state index contributed by atoms with van der Waals surface area (Å²) in [6.07, 6.45) is -0.336. The van der Waals surface area contributed by atoms with Crippen molar-refractivity contribution in [3.8, 4) is 5.75 Å². The van der Waals surface area contributed by atoms with Crippen LogP contribution in [0.4, 0.5) is 5.69 Å². The molecule has 21 heavy (non-hydrogen) atoms. The van der Waals surface area contributed by atoms with Gasteiger partial charge in [0.15, 0.2) is 6.10 Å². The highest BCUT2D eigenvalue weighted by Gasteiger charge is 2.60. The lowest BCUT2D eigenvalue weighted by Gasteiger charge is -2.53. The number of likely N-dealkylation sites (N-methyl/N-ethyl adjacent to an activating group) is 1. The molecule has 3 saturated heterocycles. The zero-order valence-electron chi connectivity index (χ0n) is 12.1. The fourth-order valence-electron chi connectivity index (χ4n) is 3.59. The van der Waals surface area contributed by atoms with E-state index in [2.05, 4.69) is 0 Å². The van der Waals surface area contributed by atoms with Gasteiger partial charge in [0.1, 0.15) is 5.75 Å². The number of rotatable bonds is 2. The highest BCUT2D eigenvalue weighted by molar-refractivity contribution is 6.05. The van der Waals surface area contributed by atoms with Crippen LogP contribution in [0.1, 0.15) is 0 Å². The normalized spacial score (nSPS) is 35.1. The average Bonchev–Trinajstić information content (AvgIpc) is 2.88. The van der Waals surface area contributed by atoms with Crippen LogP contribution in [0.2, 0.25) is 0 Å². The fourth-order valence-corrected chi connectivity index (χ4v) is 3.59. The lowest BCUT2D eigenvalue weighted by Crippen LogP contribution is -2.75. The largest absolute Gasteiger partial charge is 0.497 e. The van der Waals surface area contributed by atoms with Gasteiger partial charge in [-0.25, -0.2) is 0 Å². The molecule has 0 bridgehead atoms. The monoisotopic (exact) mass is 290 g/mol. The second-order valence-electron chi connectivity index (χ2n) is 5.74. The average molecular weight is 290 g/mol. The van der Waals surface area contributed by atoms with E-state index in [1.54, 1.807) is 7.11 Å². The Morgan fingerprint density at radius 3 is 2.67 bits per heavy atom. The van der Waals surface area contributed by atoms with E-state index in [-0.39, 0.29) is 24.1 Å². The first kappa shape index (κ1) is 13.1. The summed E-state index contributed by atoms with van der Waals surface area (Å²) < 4.78 is 10.9. The summed E-state index contributed by atoms with van der Waals surface area (Å²) in [5.74, 6) is 1.14. The Morgan fingerprint density at radius 2 is 1.95 bits per heavy atom. The smallest absolute Gasteiger partial charge is 0.258 e. The number of benzene rings is 1. The van der Waals surface area contributed by atoms with E-state index >= 15 is 0 Å². The Labute approximate surface area is 123 Å². The lowest BCUT2D eigenvalue weighted by atomic mass is 9.81. The molecule has 3 aliphatic heterocycles. The molecule has 0 saturated carbocycles. The Hall–Kier alpha value is -1.63. The van der Waals surface area contributed by atoms with Crippen molar-refractivity contribution >= 4 is 11.6 Å². The number of carbonyl (C=O) groups is 1. The zero-order valence-corrected chi connectivity index (χ0v) is 12.1. The lowest BCUT2D eigenvalue weighted by molar-refractivity contribution is -0.164. The Balaban J connectivity index is 1.64. The second-order valence-corrected chi connectivity index (χ2v) is 5.74. The highest BCUT2D eigenvalue weighted by atomic mass is 16.7. The van der Waals surface area contributed by atoms with E-state index in [1.165, 1.54) is 0 Å². The van der Waals surface area contributed by atoms with Gasteiger partial charge in [0.2, 0.25) is 0 Å². The van der Waals surface area contributed by atoms with Crippen LogP contribution in [-0.2, 0) is 14.4 Å². The van der Waals surface area contributed by atoms with Gasteiger partial charge in [0.25, 0.3) is 5.91 Å². The standard InChI is InChI=1S/C15H18N2O4/c1-16-12-9(8-21-16)7-20-14-13(12)17(15(14)18)10-3-5-11(19-2)6-4-10/h3-6,9,12-14H,7-8H2,1-2H3/t9-,12+,13-,14+/m0/s1. The summed E-state index contributed by atoms with van der Waals surface area (Å²) in [6, 6.07) is 7.78. The number of methoxy groups -OCH3 is 1. The minimum Gasteiger partial charge on any atom is -0.497 e. The van der Waals surface area contributed by atoms with Crippen molar-refractivity contribution < 1.29 is 19.1 Å². The van der Waals surface area contributed by atoms with Gasteiger partial charge in [-0.15, -0.1) is 0 Å². The first-order valence-electron chi connectivity index (χ1n) is 7.15. The van der Waals surface area contributed by atoms with E-state index in [0.717, 1.165) is 11.4 Å². The summed E-state index contributed by atoms with van der Waals surface area (Å²) in [5.41, 5.74) is 0.881. The highest BCUT2D eigenvalue weighted by Crippen LogP contribution is 2.41. The molecular formula is C15H18N2O4. The summed E-state index contributed by atoms with van der Waals surface area (Å²) in [5, 5.41) is 1.88. The van der Waals surface area contributed by atoms with Crippen LogP contribution >= 0.6 is 0 Å². The van der Waals surface area contributed by atoms with Gasteiger partial charge >= 0.3 is 0 Å². The van der Waals surface area contributed by atoms with Gasteiger partial charge in [-0.05, 0) is 24.3 Å². The van der Waals surface area contributed by atoms with E-state index in [4.69, 9.17) is 14.3 Å². The number of ether oxygens (including phenoxy) is 2. The number of nitrogens with zero attached hydrogens (tertiary/aromatic N) is 2. The van der Waals surface area contributed by atoms with Crippen molar-refractivity contribution in [3.05, 3.63) is 24.3 Å². The molecule has 0 aliphatic carbocycles. The third kappa shape index (κ3) is 1.79. The molecule has 3 heterocycles. The number of hydrogen-bond acceptors (Lipinski definition) is 5. The van der Waals surface area contributed by atoms with Crippen LogP contribution in [-0.4, -0.2) is 56.5 Å². The van der Waals surface area contributed by atoms with Crippen molar-refractivity contribution in [2.24, 2.45) is 5.92 Å². The molecule has 0 unspecified atom stereocenters. The molecule has 0 N–H and O–H groups in total. The predicted molar refractivity (Wildman–Crippen MR) is 75.0 cm³/mol. The molecule has 1 aromatic rings. The van der Waals surface area contributed by atoms with Crippen molar-refractivity contribution in [2.45, 2.75) is 18.2 Å². The molecule has 6 nitrogen and oxygen atoms in total. The van der Waals surface area contributed by atoms with E-state index in [0.29, 0.717) is 19.1 Å². The molecule has 4 atom stereocenters. The van der Waals surface area contributed by atoms with Gasteiger partial charge in [0, 0.05) is 18.7 Å². The number of anilines is 1. The number of hydroxylamine groups is 2. The minimum atomic E-state index is -0.336. The molecule has 6 heteroatoms. The number of carbonyl (C=O) groups excluding carboxylic acids is 1. The third-order valence-electron chi connectivity index (χ3n) is 4.67. The van der Waals surface area contributed by atoms with Crippen molar-refractivity contribution in [1.29, 1.82) is 0 Å². The Bertz CT molecular complexity index is 561. The van der Waals surface area contributed by atoms with Crippen molar-refractivity contribution in [3.63, 3.8) is 0 Å². The van der Waals surface area contributed by atoms with Crippen LogP contribution in [0.5, 0.6) is 5.75 Å². The summed E-state index contributed by atoms with van der Waals surface area (Å²) in [6.45, 7) is 1.26. The van der Waals surface area contributed by atoms with Gasteiger partial charge in [0.05, 0.1) is 32.4 Å². The molecular weight excluding hydrogens is 272 g/mol. The first-order chi connectivity index (χ1) is 10.2. The Morgan fingerprint density at radius 1 is 1.19 bits per heavy atom. The zero-order chi connectivity index (χ0) is 14.6. The van der Waals surface area contributed by atoms with Gasteiger partial charge < -0.3 is 14.4 Å². The number of β-lactam (4-membered cyclic amide) rings is 1. The summed E-state index contributed by atoms with van der Waals surface area (Å²) in [4.78, 5) is 19.8. The topological polar surface area (TPSA) is 51.2 Å². The van der Waals surface area contributed by atoms with Crippen LogP contribution in [0.3, 0.4) is 0 Å². The molecule has 4 rings (SSSR count). The van der Waals surface area contributed by atoms with Crippen LogP contribution in [0, 0.1) is 5.92 Å².